The van der Waals surface area contributed by atoms with Crippen LogP contribution in [0.2, 0.25) is 0 Å². The van der Waals surface area contributed by atoms with Crippen molar-refractivity contribution in [2.75, 3.05) is 5.32 Å². The van der Waals surface area contributed by atoms with Crippen molar-refractivity contribution in [3.05, 3.63) is 30.2 Å². The fourth-order valence-corrected chi connectivity index (χ4v) is 2.40. The molecule has 0 aliphatic carbocycles. The van der Waals surface area contributed by atoms with Crippen molar-refractivity contribution in [1.82, 2.24) is 14.8 Å². The number of carbonyl (C=O) groups is 1. The lowest BCUT2D eigenvalue weighted by atomic mass is 10.0. The molecule has 2 aromatic rings. The Morgan fingerprint density at radius 3 is 3.22 bits per heavy atom. The largest absolute Gasteiger partial charge is 0.313 e. The summed E-state index contributed by atoms with van der Waals surface area (Å²) in [5.41, 5.74) is 3.48. The molecule has 1 N–H and O–H groups in total. The summed E-state index contributed by atoms with van der Waals surface area (Å²) in [5, 5.41) is 6.99. The van der Waals surface area contributed by atoms with Crippen LogP contribution in [0, 0.1) is 0 Å². The molecule has 0 fully saturated rings. The van der Waals surface area contributed by atoms with Gasteiger partial charge in [0.05, 0.1) is 6.20 Å². The Balaban J connectivity index is 2.01. The molecule has 0 spiro atoms. The first-order chi connectivity index (χ1) is 8.88. The predicted molar refractivity (Wildman–Crippen MR) is 68.1 cm³/mol. The van der Waals surface area contributed by atoms with Crippen LogP contribution >= 0.6 is 0 Å². The molecule has 1 amide bonds. The SMILES string of the molecule is O=CNc1cc(-c2cnn3c2CCCC3)ccn1. The molecule has 0 radical (unpaired) electrons. The number of aromatic nitrogens is 3. The highest BCUT2D eigenvalue weighted by molar-refractivity contribution is 5.74. The summed E-state index contributed by atoms with van der Waals surface area (Å²) in [7, 11) is 0. The predicted octanol–water partition coefficient (Wildman–Crippen LogP) is 1.85. The van der Waals surface area contributed by atoms with Crippen molar-refractivity contribution in [2.45, 2.75) is 25.8 Å². The zero-order valence-corrected chi connectivity index (χ0v) is 9.97. The number of hydrogen-bond acceptors (Lipinski definition) is 3. The molecule has 1 aliphatic heterocycles. The molecular weight excluding hydrogens is 228 g/mol. The zero-order valence-electron chi connectivity index (χ0n) is 9.97. The van der Waals surface area contributed by atoms with Crippen LogP contribution in [0.1, 0.15) is 18.5 Å². The van der Waals surface area contributed by atoms with E-state index in [9.17, 15) is 4.79 Å². The second-order valence-electron chi connectivity index (χ2n) is 4.38. The van der Waals surface area contributed by atoms with Gasteiger partial charge in [0.1, 0.15) is 5.82 Å². The third-order valence-corrected chi connectivity index (χ3v) is 3.26. The van der Waals surface area contributed by atoms with E-state index in [1.807, 2.05) is 18.3 Å². The summed E-state index contributed by atoms with van der Waals surface area (Å²) in [4.78, 5) is 14.5. The molecule has 18 heavy (non-hydrogen) atoms. The molecule has 0 unspecified atom stereocenters. The monoisotopic (exact) mass is 242 g/mol. The molecule has 5 heteroatoms. The Bertz CT molecular complexity index is 576. The lowest BCUT2D eigenvalue weighted by molar-refractivity contribution is -0.105. The van der Waals surface area contributed by atoms with Gasteiger partial charge in [-0.05, 0) is 37.0 Å². The number of nitrogens with one attached hydrogen (secondary N) is 1. The number of nitrogens with zero attached hydrogens (tertiary/aromatic N) is 3. The standard InChI is InChI=1S/C13H14N4O/c18-9-15-13-7-10(4-5-14-13)11-8-16-17-6-2-1-3-12(11)17/h4-5,7-9H,1-3,6H2,(H,14,15,18). The lowest BCUT2D eigenvalue weighted by Crippen LogP contribution is -2.11. The molecule has 3 heterocycles. The maximum absolute atomic E-state index is 10.4. The smallest absolute Gasteiger partial charge is 0.212 e. The first-order valence-corrected chi connectivity index (χ1v) is 6.10. The fourth-order valence-electron chi connectivity index (χ4n) is 2.40. The van der Waals surface area contributed by atoms with Gasteiger partial charge in [0.25, 0.3) is 0 Å². The average molecular weight is 242 g/mol. The third kappa shape index (κ3) is 1.88. The van der Waals surface area contributed by atoms with Gasteiger partial charge >= 0.3 is 0 Å². The number of fused-ring (bicyclic) bond motifs is 1. The van der Waals surface area contributed by atoms with E-state index in [0.717, 1.165) is 24.1 Å². The molecule has 1 aliphatic rings. The number of anilines is 1. The van der Waals surface area contributed by atoms with Crippen molar-refractivity contribution in [3.63, 3.8) is 0 Å². The van der Waals surface area contributed by atoms with Crippen molar-refractivity contribution < 1.29 is 4.79 Å². The lowest BCUT2D eigenvalue weighted by Gasteiger charge is -2.14. The van der Waals surface area contributed by atoms with E-state index in [1.54, 1.807) is 6.20 Å². The number of carbonyl (C=O) groups excluding carboxylic acids is 1. The van der Waals surface area contributed by atoms with Crippen LogP contribution < -0.4 is 5.32 Å². The van der Waals surface area contributed by atoms with Crippen LogP contribution in [0.4, 0.5) is 5.82 Å². The van der Waals surface area contributed by atoms with Gasteiger partial charge < -0.3 is 5.32 Å². The molecule has 92 valence electrons. The van der Waals surface area contributed by atoms with E-state index >= 15 is 0 Å². The van der Waals surface area contributed by atoms with Gasteiger partial charge in [-0.3, -0.25) is 9.48 Å². The fraction of sp³-hybridized carbons (Fsp3) is 0.308. The van der Waals surface area contributed by atoms with Crippen molar-refractivity contribution in [3.8, 4) is 11.1 Å². The van der Waals surface area contributed by atoms with Crippen LogP contribution in [0.5, 0.6) is 0 Å². The second-order valence-corrected chi connectivity index (χ2v) is 4.38. The summed E-state index contributed by atoms with van der Waals surface area (Å²) < 4.78 is 2.08. The van der Waals surface area contributed by atoms with Gasteiger partial charge in [0, 0.05) is 24.0 Å². The minimum Gasteiger partial charge on any atom is -0.313 e. The van der Waals surface area contributed by atoms with E-state index in [1.165, 1.54) is 18.5 Å². The second kappa shape index (κ2) is 4.60. The van der Waals surface area contributed by atoms with E-state index in [4.69, 9.17) is 0 Å². The van der Waals surface area contributed by atoms with Gasteiger partial charge in [0.2, 0.25) is 6.41 Å². The first-order valence-electron chi connectivity index (χ1n) is 6.10. The molecule has 0 saturated carbocycles. The highest BCUT2D eigenvalue weighted by Crippen LogP contribution is 2.28. The van der Waals surface area contributed by atoms with Crippen molar-refractivity contribution in [2.24, 2.45) is 0 Å². The quantitative estimate of drug-likeness (QED) is 0.835. The summed E-state index contributed by atoms with van der Waals surface area (Å²) in [5.74, 6) is 0.568. The Morgan fingerprint density at radius 1 is 1.39 bits per heavy atom. The van der Waals surface area contributed by atoms with Crippen LogP contribution in [0.3, 0.4) is 0 Å². The van der Waals surface area contributed by atoms with Gasteiger partial charge in [-0.2, -0.15) is 5.10 Å². The summed E-state index contributed by atoms with van der Waals surface area (Å²) >= 11 is 0. The van der Waals surface area contributed by atoms with Crippen molar-refractivity contribution >= 4 is 12.2 Å². The van der Waals surface area contributed by atoms with E-state index < -0.39 is 0 Å². The molecular formula is C13H14N4O. The number of amides is 1. The minimum absolute atomic E-state index is 0.568. The summed E-state index contributed by atoms with van der Waals surface area (Å²) in [6.45, 7) is 1.000. The minimum atomic E-state index is 0.568. The Hall–Kier alpha value is -2.17. The highest BCUT2D eigenvalue weighted by Gasteiger charge is 2.15. The molecule has 0 bridgehead atoms. The van der Waals surface area contributed by atoms with Gasteiger partial charge in [-0.25, -0.2) is 4.98 Å². The molecule has 2 aromatic heterocycles. The normalized spacial score (nSPS) is 14.0. The van der Waals surface area contributed by atoms with E-state index in [-0.39, 0.29) is 0 Å². The van der Waals surface area contributed by atoms with Crippen molar-refractivity contribution in [1.29, 1.82) is 0 Å². The molecule has 0 aromatic carbocycles. The van der Waals surface area contributed by atoms with Gasteiger partial charge in [0.15, 0.2) is 0 Å². The Kier molecular flexibility index (Phi) is 2.80. The Morgan fingerprint density at radius 2 is 2.33 bits per heavy atom. The van der Waals surface area contributed by atoms with E-state index in [0.29, 0.717) is 12.2 Å². The van der Waals surface area contributed by atoms with Crippen LogP contribution in [-0.2, 0) is 17.8 Å². The number of pyridine rings is 1. The highest BCUT2D eigenvalue weighted by atomic mass is 16.1. The first kappa shape index (κ1) is 11.0. The van der Waals surface area contributed by atoms with E-state index in [2.05, 4.69) is 20.1 Å². The Labute approximate surface area is 105 Å². The summed E-state index contributed by atoms with van der Waals surface area (Å²) in [6, 6.07) is 3.82. The summed E-state index contributed by atoms with van der Waals surface area (Å²) in [6.07, 6.45) is 7.72. The average Bonchev–Trinajstić information content (AvgIpc) is 2.83. The number of hydrogen-bond donors (Lipinski definition) is 1. The zero-order chi connectivity index (χ0) is 12.4. The number of aryl methyl sites for hydroxylation is 1. The van der Waals surface area contributed by atoms with Gasteiger partial charge in [-0.15, -0.1) is 0 Å². The van der Waals surface area contributed by atoms with Crippen LogP contribution in [-0.4, -0.2) is 21.2 Å². The van der Waals surface area contributed by atoms with Gasteiger partial charge in [-0.1, -0.05) is 0 Å². The molecule has 3 rings (SSSR count). The maximum Gasteiger partial charge on any atom is 0.212 e. The number of rotatable bonds is 3. The topological polar surface area (TPSA) is 59.8 Å². The van der Waals surface area contributed by atoms with Crippen LogP contribution in [0.15, 0.2) is 24.5 Å². The molecule has 5 nitrogen and oxygen atoms in total. The molecule has 0 atom stereocenters. The molecule has 0 saturated heterocycles. The van der Waals surface area contributed by atoms with Crippen LogP contribution in [0.25, 0.3) is 11.1 Å². The maximum atomic E-state index is 10.4. The third-order valence-electron chi connectivity index (χ3n) is 3.26.